The van der Waals surface area contributed by atoms with Crippen LogP contribution in [0.2, 0.25) is 0 Å². The van der Waals surface area contributed by atoms with E-state index in [1.54, 1.807) is 6.92 Å². The average molecular weight is 377 g/mol. The van der Waals surface area contributed by atoms with Crippen molar-refractivity contribution in [3.05, 3.63) is 48.0 Å². The molecule has 7 heteroatoms. The molecule has 140 valence electrons. The van der Waals surface area contributed by atoms with Gasteiger partial charge in [0.2, 0.25) is 10.0 Å². The van der Waals surface area contributed by atoms with Gasteiger partial charge in [0.15, 0.2) is 0 Å². The third-order valence-corrected chi connectivity index (χ3v) is 6.87. The van der Waals surface area contributed by atoms with E-state index in [9.17, 15) is 18.3 Å². The predicted octanol–water partition coefficient (Wildman–Crippen LogP) is 2.18. The van der Waals surface area contributed by atoms with Crippen LogP contribution in [0.4, 0.5) is 0 Å². The molecule has 0 spiro atoms. The standard InChI is InChI=1S/C19H23NO5S/c1-13-18(8-9-25-13)26(23,24)20-12-17(19(21)22)11-14-6-7-15-4-2-3-5-16(15)10-14/h2-7,10,13,17-18,20H,8-9,11-12H2,1H3,(H,21,22). The molecule has 0 saturated carbocycles. The molecule has 0 aromatic heterocycles. The van der Waals surface area contributed by atoms with Crippen LogP contribution in [-0.4, -0.2) is 44.0 Å². The number of ether oxygens (including phenoxy) is 1. The second-order valence-corrected chi connectivity index (χ2v) is 8.70. The molecule has 0 aliphatic carbocycles. The van der Waals surface area contributed by atoms with E-state index in [1.807, 2.05) is 42.5 Å². The van der Waals surface area contributed by atoms with Crippen LogP contribution < -0.4 is 4.72 Å². The van der Waals surface area contributed by atoms with E-state index < -0.39 is 27.2 Å². The van der Waals surface area contributed by atoms with Gasteiger partial charge >= 0.3 is 5.97 Å². The van der Waals surface area contributed by atoms with Crippen LogP contribution in [0.1, 0.15) is 18.9 Å². The Morgan fingerprint density at radius 1 is 1.27 bits per heavy atom. The van der Waals surface area contributed by atoms with Crippen molar-refractivity contribution in [2.24, 2.45) is 5.92 Å². The van der Waals surface area contributed by atoms with Crippen molar-refractivity contribution in [3.8, 4) is 0 Å². The van der Waals surface area contributed by atoms with Crippen molar-refractivity contribution in [1.82, 2.24) is 4.72 Å². The summed E-state index contributed by atoms with van der Waals surface area (Å²) in [6, 6.07) is 13.6. The smallest absolute Gasteiger partial charge is 0.308 e. The van der Waals surface area contributed by atoms with Crippen molar-refractivity contribution >= 4 is 26.8 Å². The lowest BCUT2D eigenvalue weighted by Crippen LogP contribution is -2.42. The fraction of sp³-hybridized carbons (Fsp3) is 0.421. The Kier molecular flexibility index (Phi) is 5.60. The summed E-state index contributed by atoms with van der Waals surface area (Å²) < 4.78 is 32.6. The average Bonchev–Trinajstić information content (AvgIpc) is 3.05. The van der Waals surface area contributed by atoms with Gasteiger partial charge < -0.3 is 9.84 Å². The fourth-order valence-electron chi connectivity index (χ4n) is 3.34. The minimum Gasteiger partial charge on any atom is -0.481 e. The highest BCUT2D eigenvalue weighted by Crippen LogP contribution is 2.21. The van der Waals surface area contributed by atoms with Gasteiger partial charge in [0, 0.05) is 13.2 Å². The van der Waals surface area contributed by atoms with Gasteiger partial charge in [0.25, 0.3) is 0 Å². The molecule has 0 amide bonds. The molecular formula is C19H23NO5S. The van der Waals surface area contributed by atoms with Crippen molar-refractivity contribution in [2.45, 2.75) is 31.1 Å². The van der Waals surface area contributed by atoms with Crippen LogP contribution in [0.25, 0.3) is 10.8 Å². The number of benzene rings is 2. The van der Waals surface area contributed by atoms with E-state index in [2.05, 4.69) is 4.72 Å². The highest BCUT2D eigenvalue weighted by Gasteiger charge is 2.36. The third-order valence-electron chi connectivity index (χ3n) is 4.88. The summed E-state index contributed by atoms with van der Waals surface area (Å²) in [5.41, 5.74) is 0.868. The molecule has 1 aliphatic heterocycles. The maximum absolute atomic E-state index is 12.4. The molecule has 1 heterocycles. The van der Waals surface area contributed by atoms with Crippen LogP contribution >= 0.6 is 0 Å². The molecule has 0 radical (unpaired) electrons. The molecular weight excluding hydrogens is 354 g/mol. The zero-order chi connectivity index (χ0) is 18.7. The number of nitrogens with one attached hydrogen (secondary N) is 1. The summed E-state index contributed by atoms with van der Waals surface area (Å²) in [6.07, 6.45) is 0.314. The highest BCUT2D eigenvalue weighted by molar-refractivity contribution is 7.90. The summed E-state index contributed by atoms with van der Waals surface area (Å²) in [4.78, 5) is 11.6. The Morgan fingerprint density at radius 2 is 2.00 bits per heavy atom. The van der Waals surface area contributed by atoms with Gasteiger partial charge in [0.1, 0.15) is 5.25 Å². The molecule has 1 saturated heterocycles. The zero-order valence-electron chi connectivity index (χ0n) is 14.6. The lowest BCUT2D eigenvalue weighted by atomic mass is 9.97. The number of sulfonamides is 1. The fourth-order valence-corrected chi connectivity index (χ4v) is 4.98. The molecule has 1 fully saturated rings. The molecule has 2 N–H and O–H groups in total. The largest absolute Gasteiger partial charge is 0.481 e. The number of fused-ring (bicyclic) bond motifs is 1. The third kappa shape index (κ3) is 4.23. The van der Waals surface area contributed by atoms with Crippen LogP contribution in [0.3, 0.4) is 0 Å². The van der Waals surface area contributed by atoms with E-state index >= 15 is 0 Å². The van der Waals surface area contributed by atoms with E-state index in [1.165, 1.54) is 0 Å². The Balaban J connectivity index is 1.69. The number of rotatable bonds is 7. The molecule has 3 rings (SSSR count). The second-order valence-electron chi connectivity index (χ2n) is 6.72. The Bertz CT molecular complexity index is 896. The number of carboxylic acid groups (broad SMARTS) is 1. The molecule has 26 heavy (non-hydrogen) atoms. The molecule has 1 aliphatic rings. The number of hydrogen-bond donors (Lipinski definition) is 2. The SMILES string of the molecule is CC1OCCC1S(=O)(=O)NCC(Cc1ccc2ccccc2c1)C(=O)O. The molecule has 0 bridgehead atoms. The van der Waals surface area contributed by atoms with Gasteiger partial charge in [-0.25, -0.2) is 13.1 Å². The monoisotopic (exact) mass is 377 g/mol. The molecule has 2 aromatic rings. The van der Waals surface area contributed by atoms with Crippen LogP contribution in [0.15, 0.2) is 42.5 Å². The molecule has 6 nitrogen and oxygen atoms in total. The van der Waals surface area contributed by atoms with Gasteiger partial charge in [-0.15, -0.1) is 0 Å². The normalized spacial score (nSPS) is 21.7. The lowest BCUT2D eigenvalue weighted by molar-refractivity contribution is -0.141. The molecule has 2 aromatic carbocycles. The first-order valence-corrected chi connectivity index (χ1v) is 10.2. The number of aliphatic carboxylic acids is 1. The Labute approximate surface area is 153 Å². The first-order chi connectivity index (χ1) is 12.4. The summed E-state index contributed by atoms with van der Waals surface area (Å²) in [6.45, 7) is 2.00. The highest BCUT2D eigenvalue weighted by atomic mass is 32.2. The first kappa shape index (κ1) is 18.8. The van der Waals surface area contributed by atoms with Crippen LogP contribution in [-0.2, 0) is 26.0 Å². The minimum absolute atomic E-state index is 0.131. The van der Waals surface area contributed by atoms with Crippen molar-refractivity contribution in [2.75, 3.05) is 13.2 Å². The summed E-state index contributed by atoms with van der Waals surface area (Å²) >= 11 is 0. The summed E-state index contributed by atoms with van der Waals surface area (Å²) in [5.74, 6) is -1.85. The number of hydrogen-bond acceptors (Lipinski definition) is 4. The minimum atomic E-state index is -3.60. The van der Waals surface area contributed by atoms with Gasteiger partial charge in [-0.3, -0.25) is 4.79 Å². The van der Waals surface area contributed by atoms with Crippen molar-refractivity contribution < 1.29 is 23.1 Å². The van der Waals surface area contributed by atoms with Crippen LogP contribution in [0.5, 0.6) is 0 Å². The number of carbonyl (C=O) groups is 1. The van der Waals surface area contributed by atoms with E-state index in [4.69, 9.17) is 4.74 Å². The van der Waals surface area contributed by atoms with Gasteiger partial charge in [-0.1, -0.05) is 42.5 Å². The quantitative estimate of drug-likeness (QED) is 0.771. The zero-order valence-corrected chi connectivity index (χ0v) is 15.4. The summed E-state index contributed by atoms with van der Waals surface area (Å²) in [7, 11) is -3.60. The Hall–Kier alpha value is -1.96. The summed E-state index contributed by atoms with van der Waals surface area (Å²) in [5, 5.41) is 11.0. The van der Waals surface area contributed by atoms with Gasteiger partial charge in [-0.05, 0) is 36.1 Å². The van der Waals surface area contributed by atoms with E-state index in [0.29, 0.717) is 13.0 Å². The lowest BCUT2D eigenvalue weighted by Gasteiger charge is -2.18. The topological polar surface area (TPSA) is 92.7 Å². The Morgan fingerprint density at radius 3 is 2.65 bits per heavy atom. The predicted molar refractivity (Wildman–Crippen MR) is 99.5 cm³/mol. The first-order valence-electron chi connectivity index (χ1n) is 8.67. The van der Waals surface area contributed by atoms with Crippen molar-refractivity contribution in [3.63, 3.8) is 0 Å². The maximum Gasteiger partial charge on any atom is 0.308 e. The second kappa shape index (κ2) is 7.73. The van der Waals surface area contributed by atoms with E-state index in [-0.39, 0.29) is 19.1 Å². The molecule has 3 unspecified atom stereocenters. The van der Waals surface area contributed by atoms with Crippen LogP contribution in [0, 0.1) is 5.92 Å². The van der Waals surface area contributed by atoms with Gasteiger partial charge in [-0.2, -0.15) is 0 Å². The maximum atomic E-state index is 12.4. The van der Waals surface area contributed by atoms with E-state index in [0.717, 1.165) is 16.3 Å². The number of carboxylic acids is 1. The van der Waals surface area contributed by atoms with Crippen molar-refractivity contribution in [1.29, 1.82) is 0 Å². The molecule has 3 atom stereocenters. The van der Waals surface area contributed by atoms with Gasteiger partial charge in [0.05, 0.1) is 12.0 Å².